The third kappa shape index (κ3) is 3.86. The lowest BCUT2D eigenvalue weighted by Crippen LogP contribution is -2.20. The van der Waals surface area contributed by atoms with Crippen molar-refractivity contribution >= 4 is 10.9 Å². The average Bonchev–Trinajstić information content (AvgIpc) is 2.80. The van der Waals surface area contributed by atoms with E-state index in [1.165, 1.54) is 16.5 Å². The molecule has 0 aliphatic carbocycles. The van der Waals surface area contributed by atoms with Crippen molar-refractivity contribution in [1.82, 2.24) is 10.3 Å². The molecule has 0 radical (unpaired) electrons. The predicted octanol–water partition coefficient (Wildman–Crippen LogP) is 2.93. The Morgan fingerprint density at radius 1 is 1.28 bits per heavy atom. The number of fused-ring (bicyclic) bond motifs is 1. The van der Waals surface area contributed by atoms with Crippen LogP contribution < -0.4 is 5.32 Å². The van der Waals surface area contributed by atoms with E-state index in [0.29, 0.717) is 5.92 Å². The van der Waals surface area contributed by atoms with E-state index in [1.807, 2.05) is 6.20 Å². The van der Waals surface area contributed by atoms with Crippen LogP contribution in [0.1, 0.15) is 19.4 Å². The van der Waals surface area contributed by atoms with Gasteiger partial charge in [0.05, 0.1) is 6.61 Å². The van der Waals surface area contributed by atoms with E-state index < -0.39 is 0 Å². The number of hydrogen-bond donors (Lipinski definition) is 2. The fourth-order valence-corrected chi connectivity index (χ4v) is 1.90. The van der Waals surface area contributed by atoms with Crippen LogP contribution >= 0.6 is 0 Å². The highest BCUT2D eigenvalue weighted by atomic mass is 16.5. The van der Waals surface area contributed by atoms with Gasteiger partial charge in [-0.25, -0.2) is 0 Å². The van der Waals surface area contributed by atoms with E-state index in [4.69, 9.17) is 4.74 Å². The molecule has 2 N–H and O–H groups in total. The first-order valence-corrected chi connectivity index (χ1v) is 6.60. The minimum absolute atomic E-state index is 0.611. The van der Waals surface area contributed by atoms with E-state index >= 15 is 0 Å². The third-order valence-electron chi connectivity index (χ3n) is 2.82. The Hall–Kier alpha value is -1.32. The Morgan fingerprint density at radius 3 is 3.00 bits per heavy atom. The van der Waals surface area contributed by atoms with Crippen molar-refractivity contribution in [2.45, 2.75) is 20.4 Å². The molecule has 0 bridgehead atoms. The van der Waals surface area contributed by atoms with Gasteiger partial charge in [0.2, 0.25) is 0 Å². The van der Waals surface area contributed by atoms with Crippen LogP contribution in [0.5, 0.6) is 0 Å². The lowest BCUT2D eigenvalue weighted by molar-refractivity contribution is 0.111. The second-order valence-corrected chi connectivity index (χ2v) is 5.04. The number of H-pyrrole nitrogens is 1. The van der Waals surface area contributed by atoms with E-state index in [-0.39, 0.29) is 0 Å². The summed E-state index contributed by atoms with van der Waals surface area (Å²) in [4.78, 5) is 3.23. The highest BCUT2D eigenvalue weighted by Gasteiger charge is 1.97. The summed E-state index contributed by atoms with van der Waals surface area (Å²) in [6, 6.07) is 8.60. The zero-order valence-electron chi connectivity index (χ0n) is 11.2. The van der Waals surface area contributed by atoms with Gasteiger partial charge in [0.25, 0.3) is 0 Å². The molecule has 1 aromatic carbocycles. The van der Waals surface area contributed by atoms with Gasteiger partial charge in [-0.3, -0.25) is 0 Å². The Kier molecular flexibility index (Phi) is 4.79. The average molecular weight is 246 g/mol. The van der Waals surface area contributed by atoms with Gasteiger partial charge in [-0.15, -0.1) is 0 Å². The number of aromatic nitrogens is 1. The summed E-state index contributed by atoms with van der Waals surface area (Å²) in [5.74, 6) is 0.611. The summed E-state index contributed by atoms with van der Waals surface area (Å²) in [6.45, 7) is 7.74. The Bertz CT molecular complexity index is 476. The molecule has 0 unspecified atom stereocenters. The predicted molar refractivity (Wildman–Crippen MR) is 75.7 cm³/mol. The van der Waals surface area contributed by atoms with Gasteiger partial charge >= 0.3 is 0 Å². The Morgan fingerprint density at radius 2 is 2.17 bits per heavy atom. The number of benzene rings is 1. The maximum absolute atomic E-state index is 5.52. The monoisotopic (exact) mass is 246 g/mol. The van der Waals surface area contributed by atoms with E-state index in [9.17, 15) is 0 Å². The molecule has 0 saturated heterocycles. The number of rotatable bonds is 7. The van der Waals surface area contributed by atoms with E-state index in [0.717, 1.165) is 26.3 Å². The number of ether oxygens (including phenoxy) is 1. The molecule has 0 atom stereocenters. The molecule has 98 valence electrons. The van der Waals surface area contributed by atoms with E-state index in [2.05, 4.69) is 48.4 Å². The summed E-state index contributed by atoms with van der Waals surface area (Å²) in [6.07, 6.45) is 1.97. The van der Waals surface area contributed by atoms with Crippen LogP contribution in [0.3, 0.4) is 0 Å². The van der Waals surface area contributed by atoms with Crippen molar-refractivity contribution < 1.29 is 4.74 Å². The largest absolute Gasteiger partial charge is 0.380 e. The first-order valence-electron chi connectivity index (χ1n) is 6.60. The second kappa shape index (κ2) is 6.57. The summed E-state index contributed by atoms with van der Waals surface area (Å²) in [5, 5.41) is 4.66. The summed E-state index contributed by atoms with van der Waals surface area (Å²) in [5.41, 5.74) is 2.50. The SMILES string of the molecule is CC(C)COCCNCc1ccc2cc[nH]c2c1. The van der Waals surface area contributed by atoms with Crippen molar-refractivity contribution in [1.29, 1.82) is 0 Å². The highest BCUT2D eigenvalue weighted by Crippen LogP contribution is 2.13. The van der Waals surface area contributed by atoms with Crippen molar-refractivity contribution in [2.24, 2.45) is 5.92 Å². The topological polar surface area (TPSA) is 37.0 Å². The van der Waals surface area contributed by atoms with Crippen LogP contribution in [0.4, 0.5) is 0 Å². The number of nitrogens with one attached hydrogen (secondary N) is 2. The molecule has 2 rings (SSSR count). The molecule has 0 aliphatic heterocycles. The fraction of sp³-hybridized carbons (Fsp3) is 0.467. The first kappa shape index (κ1) is 13.1. The van der Waals surface area contributed by atoms with Crippen LogP contribution in [0.25, 0.3) is 10.9 Å². The minimum Gasteiger partial charge on any atom is -0.380 e. The van der Waals surface area contributed by atoms with Gasteiger partial charge < -0.3 is 15.0 Å². The molecule has 0 fully saturated rings. The summed E-state index contributed by atoms with van der Waals surface area (Å²) >= 11 is 0. The second-order valence-electron chi connectivity index (χ2n) is 5.04. The Balaban J connectivity index is 1.70. The van der Waals surface area contributed by atoms with Crippen LogP contribution in [-0.4, -0.2) is 24.7 Å². The Labute approximate surface area is 109 Å². The zero-order valence-corrected chi connectivity index (χ0v) is 11.2. The molecule has 0 spiro atoms. The zero-order chi connectivity index (χ0) is 12.8. The summed E-state index contributed by atoms with van der Waals surface area (Å²) in [7, 11) is 0. The third-order valence-corrected chi connectivity index (χ3v) is 2.82. The van der Waals surface area contributed by atoms with Crippen molar-refractivity contribution in [3.05, 3.63) is 36.0 Å². The minimum atomic E-state index is 0.611. The molecule has 2 aromatic rings. The number of aromatic amines is 1. The van der Waals surface area contributed by atoms with Gasteiger partial charge in [-0.05, 0) is 29.0 Å². The van der Waals surface area contributed by atoms with Gasteiger partial charge in [0.15, 0.2) is 0 Å². The standard InChI is InChI=1S/C15H22N2O/c1-12(2)11-18-8-7-16-10-13-3-4-14-5-6-17-15(14)9-13/h3-6,9,12,16-17H,7-8,10-11H2,1-2H3. The summed E-state index contributed by atoms with van der Waals surface area (Å²) < 4.78 is 5.52. The molecule has 0 amide bonds. The van der Waals surface area contributed by atoms with Gasteiger partial charge in [-0.2, -0.15) is 0 Å². The van der Waals surface area contributed by atoms with Gasteiger partial charge in [0, 0.05) is 31.4 Å². The molecule has 1 aromatic heterocycles. The quantitative estimate of drug-likeness (QED) is 0.737. The molecular formula is C15H22N2O. The fourth-order valence-electron chi connectivity index (χ4n) is 1.90. The number of hydrogen-bond acceptors (Lipinski definition) is 2. The molecule has 18 heavy (non-hydrogen) atoms. The molecule has 3 heteroatoms. The van der Waals surface area contributed by atoms with Crippen molar-refractivity contribution in [2.75, 3.05) is 19.8 Å². The highest BCUT2D eigenvalue weighted by molar-refractivity contribution is 5.79. The first-order chi connectivity index (χ1) is 8.75. The maximum atomic E-state index is 5.52. The van der Waals surface area contributed by atoms with Crippen molar-refractivity contribution in [3.8, 4) is 0 Å². The molecule has 0 aliphatic rings. The van der Waals surface area contributed by atoms with Crippen LogP contribution in [-0.2, 0) is 11.3 Å². The molecular weight excluding hydrogens is 224 g/mol. The normalized spacial score (nSPS) is 11.5. The van der Waals surface area contributed by atoms with Gasteiger partial charge in [-0.1, -0.05) is 26.0 Å². The lowest BCUT2D eigenvalue weighted by atomic mass is 10.1. The lowest BCUT2D eigenvalue weighted by Gasteiger charge is -2.08. The van der Waals surface area contributed by atoms with Crippen molar-refractivity contribution in [3.63, 3.8) is 0 Å². The van der Waals surface area contributed by atoms with E-state index in [1.54, 1.807) is 0 Å². The van der Waals surface area contributed by atoms with Crippen LogP contribution in [0.2, 0.25) is 0 Å². The van der Waals surface area contributed by atoms with Gasteiger partial charge in [0.1, 0.15) is 0 Å². The molecule has 1 heterocycles. The smallest absolute Gasteiger partial charge is 0.0591 e. The maximum Gasteiger partial charge on any atom is 0.0591 e. The van der Waals surface area contributed by atoms with Crippen LogP contribution in [0, 0.1) is 5.92 Å². The van der Waals surface area contributed by atoms with Crippen LogP contribution in [0.15, 0.2) is 30.5 Å². The molecule has 3 nitrogen and oxygen atoms in total. The molecule has 0 saturated carbocycles.